The molecule has 0 saturated carbocycles. The number of rotatable bonds is 4. The highest BCUT2D eigenvalue weighted by Gasteiger charge is 2.00. The van der Waals surface area contributed by atoms with Crippen LogP contribution in [0.5, 0.6) is 0 Å². The lowest BCUT2D eigenvalue weighted by Gasteiger charge is -2.07. The van der Waals surface area contributed by atoms with Gasteiger partial charge in [0.05, 0.1) is 0 Å². The molecule has 18 heavy (non-hydrogen) atoms. The van der Waals surface area contributed by atoms with Crippen molar-refractivity contribution in [2.45, 2.75) is 13.1 Å². The predicted molar refractivity (Wildman–Crippen MR) is 81.1 cm³/mol. The summed E-state index contributed by atoms with van der Waals surface area (Å²) in [6.07, 6.45) is 0. The summed E-state index contributed by atoms with van der Waals surface area (Å²) in [5.41, 5.74) is 2.31. The van der Waals surface area contributed by atoms with Crippen LogP contribution < -0.4 is 5.32 Å². The third kappa shape index (κ3) is 3.99. The second-order valence-electron chi connectivity index (χ2n) is 3.97. The van der Waals surface area contributed by atoms with Gasteiger partial charge in [0.15, 0.2) is 0 Å². The first kappa shape index (κ1) is 13.9. The molecule has 0 amide bonds. The second kappa shape index (κ2) is 6.58. The van der Waals surface area contributed by atoms with E-state index >= 15 is 0 Å². The summed E-state index contributed by atoms with van der Waals surface area (Å²) in [6, 6.07) is 13.7. The Hall–Kier alpha value is -0.540. The molecule has 4 heteroatoms. The highest BCUT2D eigenvalue weighted by atomic mass is 79.9. The molecule has 0 heterocycles. The van der Waals surface area contributed by atoms with Crippen LogP contribution in [0.3, 0.4) is 0 Å². The Labute approximate surface area is 125 Å². The van der Waals surface area contributed by atoms with Gasteiger partial charge in [0, 0.05) is 27.6 Å². The fourth-order valence-corrected chi connectivity index (χ4v) is 2.69. The molecule has 0 unspecified atom stereocenters. The van der Waals surface area contributed by atoms with Crippen molar-refractivity contribution in [1.29, 1.82) is 0 Å². The first-order chi connectivity index (χ1) is 8.65. The summed E-state index contributed by atoms with van der Waals surface area (Å²) in [5.74, 6) is 0. The Bertz CT molecular complexity index is 523. The van der Waals surface area contributed by atoms with Crippen LogP contribution >= 0.6 is 39.1 Å². The Morgan fingerprint density at radius 2 is 1.61 bits per heavy atom. The predicted octanol–water partition coefficient (Wildman–Crippen LogP) is 5.05. The van der Waals surface area contributed by atoms with Gasteiger partial charge < -0.3 is 5.32 Å². The van der Waals surface area contributed by atoms with Crippen molar-refractivity contribution in [3.05, 3.63) is 68.1 Å². The molecule has 2 aromatic rings. The standard InChI is InChI=1S/C14H12BrCl2N/c15-14-4-2-1-3-11(14)9-18-8-10-5-12(16)7-13(17)6-10/h1-7,18H,8-9H2. The third-order valence-electron chi connectivity index (χ3n) is 2.52. The summed E-state index contributed by atoms with van der Waals surface area (Å²) in [7, 11) is 0. The molecule has 0 aliphatic heterocycles. The van der Waals surface area contributed by atoms with Crippen molar-refractivity contribution in [1.82, 2.24) is 5.32 Å². The van der Waals surface area contributed by atoms with Crippen molar-refractivity contribution in [2.24, 2.45) is 0 Å². The molecule has 0 spiro atoms. The number of halogens is 3. The summed E-state index contributed by atoms with van der Waals surface area (Å²) in [6.45, 7) is 1.53. The topological polar surface area (TPSA) is 12.0 Å². The first-order valence-corrected chi connectivity index (χ1v) is 7.09. The molecular formula is C14H12BrCl2N. The van der Waals surface area contributed by atoms with Crippen LogP contribution in [0.15, 0.2) is 46.9 Å². The number of nitrogens with one attached hydrogen (secondary N) is 1. The molecular weight excluding hydrogens is 333 g/mol. The SMILES string of the molecule is Clc1cc(Cl)cc(CNCc2ccccc2Br)c1. The molecule has 0 atom stereocenters. The van der Waals surface area contributed by atoms with Crippen molar-refractivity contribution in [3.63, 3.8) is 0 Å². The van der Waals surface area contributed by atoms with Crippen LogP contribution in [-0.2, 0) is 13.1 Å². The van der Waals surface area contributed by atoms with E-state index in [0.29, 0.717) is 10.0 Å². The summed E-state index contributed by atoms with van der Waals surface area (Å²) >= 11 is 15.4. The fourth-order valence-electron chi connectivity index (χ4n) is 1.70. The van der Waals surface area contributed by atoms with Crippen molar-refractivity contribution >= 4 is 39.1 Å². The van der Waals surface area contributed by atoms with Crippen LogP contribution in [0.25, 0.3) is 0 Å². The lowest BCUT2D eigenvalue weighted by molar-refractivity contribution is 0.691. The quantitative estimate of drug-likeness (QED) is 0.818. The summed E-state index contributed by atoms with van der Waals surface area (Å²) in [4.78, 5) is 0. The van der Waals surface area contributed by atoms with Gasteiger partial charge in [-0.15, -0.1) is 0 Å². The third-order valence-corrected chi connectivity index (χ3v) is 3.73. The smallest absolute Gasteiger partial charge is 0.0424 e. The summed E-state index contributed by atoms with van der Waals surface area (Å²) < 4.78 is 1.11. The number of hydrogen-bond donors (Lipinski definition) is 1. The van der Waals surface area contributed by atoms with Crippen LogP contribution in [0.4, 0.5) is 0 Å². The molecule has 1 N–H and O–H groups in total. The summed E-state index contributed by atoms with van der Waals surface area (Å²) in [5, 5.41) is 4.70. The molecule has 0 bridgehead atoms. The largest absolute Gasteiger partial charge is 0.309 e. The van der Waals surface area contributed by atoms with E-state index in [0.717, 1.165) is 23.1 Å². The highest BCUT2D eigenvalue weighted by molar-refractivity contribution is 9.10. The number of benzene rings is 2. The molecule has 0 aliphatic carbocycles. The van der Waals surface area contributed by atoms with Crippen molar-refractivity contribution in [3.8, 4) is 0 Å². The van der Waals surface area contributed by atoms with Crippen LogP contribution in [0.2, 0.25) is 10.0 Å². The zero-order chi connectivity index (χ0) is 13.0. The van der Waals surface area contributed by atoms with Crippen LogP contribution in [0.1, 0.15) is 11.1 Å². The van der Waals surface area contributed by atoms with E-state index in [1.807, 2.05) is 30.3 Å². The maximum Gasteiger partial charge on any atom is 0.0424 e. The van der Waals surface area contributed by atoms with Gasteiger partial charge in [0.1, 0.15) is 0 Å². The Balaban J connectivity index is 1.94. The van der Waals surface area contributed by atoms with E-state index in [-0.39, 0.29) is 0 Å². The average Bonchev–Trinajstić information content (AvgIpc) is 2.30. The molecule has 0 fully saturated rings. The van der Waals surface area contributed by atoms with E-state index in [1.54, 1.807) is 6.07 Å². The maximum atomic E-state index is 5.95. The van der Waals surface area contributed by atoms with Crippen molar-refractivity contribution < 1.29 is 0 Å². The minimum Gasteiger partial charge on any atom is -0.309 e. The fraction of sp³-hybridized carbons (Fsp3) is 0.143. The lowest BCUT2D eigenvalue weighted by Crippen LogP contribution is -2.12. The molecule has 94 valence electrons. The van der Waals surface area contributed by atoms with E-state index < -0.39 is 0 Å². The van der Waals surface area contributed by atoms with Gasteiger partial charge in [0.2, 0.25) is 0 Å². The Morgan fingerprint density at radius 1 is 0.944 bits per heavy atom. The molecule has 0 aromatic heterocycles. The lowest BCUT2D eigenvalue weighted by atomic mass is 10.2. The first-order valence-electron chi connectivity index (χ1n) is 5.54. The Kier molecular flexibility index (Phi) is 5.07. The number of hydrogen-bond acceptors (Lipinski definition) is 1. The van der Waals surface area contributed by atoms with Gasteiger partial charge in [-0.1, -0.05) is 57.3 Å². The van der Waals surface area contributed by atoms with Gasteiger partial charge in [-0.3, -0.25) is 0 Å². The van der Waals surface area contributed by atoms with E-state index in [4.69, 9.17) is 23.2 Å². The van der Waals surface area contributed by atoms with Crippen molar-refractivity contribution in [2.75, 3.05) is 0 Å². The maximum absolute atomic E-state index is 5.95. The van der Waals surface area contributed by atoms with Gasteiger partial charge in [-0.2, -0.15) is 0 Å². The minimum atomic E-state index is 0.667. The van der Waals surface area contributed by atoms with Gasteiger partial charge in [-0.25, -0.2) is 0 Å². The van der Waals surface area contributed by atoms with E-state index in [2.05, 4.69) is 27.3 Å². The highest BCUT2D eigenvalue weighted by Crippen LogP contribution is 2.19. The molecule has 0 aliphatic rings. The van der Waals surface area contributed by atoms with Crippen LogP contribution in [0, 0.1) is 0 Å². The average molecular weight is 345 g/mol. The van der Waals surface area contributed by atoms with Gasteiger partial charge in [0.25, 0.3) is 0 Å². The second-order valence-corrected chi connectivity index (χ2v) is 5.70. The van der Waals surface area contributed by atoms with E-state index in [9.17, 15) is 0 Å². The zero-order valence-electron chi connectivity index (χ0n) is 9.59. The normalized spacial score (nSPS) is 10.6. The van der Waals surface area contributed by atoms with Crippen LogP contribution in [-0.4, -0.2) is 0 Å². The molecule has 1 nitrogen and oxygen atoms in total. The zero-order valence-corrected chi connectivity index (χ0v) is 12.7. The molecule has 0 radical (unpaired) electrons. The molecule has 2 rings (SSSR count). The Morgan fingerprint density at radius 3 is 2.28 bits per heavy atom. The molecule has 0 saturated heterocycles. The molecule has 2 aromatic carbocycles. The minimum absolute atomic E-state index is 0.667. The van der Waals surface area contributed by atoms with E-state index in [1.165, 1.54) is 5.56 Å². The van der Waals surface area contributed by atoms with Gasteiger partial charge in [-0.05, 0) is 35.4 Å². The van der Waals surface area contributed by atoms with Gasteiger partial charge >= 0.3 is 0 Å². The monoisotopic (exact) mass is 343 g/mol.